The van der Waals surface area contributed by atoms with Crippen molar-refractivity contribution in [2.75, 3.05) is 13.2 Å². The fourth-order valence-corrected chi connectivity index (χ4v) is 9.30. The van der Waals surface area contributed by atoms with Crippen molar-refractivity contribution in [3.05, 3.63) is 24.3 Å². The predicted molar refractivity (Wildman–Crippen MR) is 298 cm³/mol. The highest BCUT2D eigenvalue weighted by Gasteiger charge is 2.19. The van der Waals surface area contributed by atoms with Crippen LogP contribution in [0.25, 0.3) is 0 Å². The molecule has 0 aromatic carbocycles. The van der Waals surface area contributed by atoms with Crippen LogP contribution in [0.3, 0.4) is 0 Å². The Morgan fingerprint density at radius 3 is 0.812 bits per heavy atom. The molecule has 1 atom stereocenters. The molecule has 0 spiro atoms. The molecule has 406 valence electrons. The summed E-state index contributed by atoms with van der Waals surface area (Å²) in [5.41, 5.74) is 0. The van der Waals surface area contributed by atoms with E-state index < -0.39 is 6.10 Å². The third-order valence-electron chi connectivity index (χ3n) is 14.0. The monoisotopic (exact) mass is 971 g/mol. The Morgan fingerprint density at radius 2 is 0.522 bits per heavy atom. The van der Waals surface area contributed by atoms with Gasteiger partial charge in [0.25, 0.3) is 0 Å². The molecule has 6 heteroatoms. The standard InChI is InChI=1S/C63H118O6/c1-4-7-10-13-16-19-22-25-27-29-31-32-33-35-36-38-41-44-47-50-53-56-62(65)68-59-60(58-67-61(64)55-52-49-46-43-40-24-21-18-15-12-9-6-3)69-63(66)57-54-51-48-45-42-39-37-34-30-28-26-23-20-17-14-11-8-5-2/h20,23,28,30,60H,4-19,21-22,24-27,29,31-59H2,1-3H3/b23-20-,30-28-. The molecule has 0 N–H and O–H groups in total. The molecule has 1 unspecified atom stereocenters. The molecule has 0 heterocycles. The molecule has 0 saturated heterocycles. The zero-order chi connectivity index (χ0) is 50.0. The Kier molecular flexibility index (Phi) is 56.7. The van der Waals surface area contributed by atoms with E-state index in [4.69, 9.17) is 14.2 Å². The Morgan fingerprint density at radius 1 is 0.290 bits per heavy atom. The first kappa shape index (κ1) is 66.9. The lowest BCUT2D eigenvalue weighted by atomic mass is 10.0. The van der Waals surface area contributed by atoms with Crippen molar-refractivity contribution in [1.82, 2.24) is 0 Å². The Balaban J connectivity index is 4.27. The van der Waals surface area contributed by atoms with Gasteiger partial charge in [0.15, 0.2) is 6.10 Å². The topological polar surface area (TPSA) is 78.9 Å². The van der Waals surface area contributed by atoms with Crippen LogP contribution >= 0.6 is 0 Å². The lowest BCUT2D eigenvalue weighted by molar-refractivity contribution is -0.167. The van der Waals surface area contributed by atoms with Gasteiger partial charge in [0.05, 0.1) is 0 Å². The molecule has 6 nitrogen and oxygen atoms in total. The maximum atomic E-state index is 12.9. The highest BCUT2D eigenvalue weighted by molar-refractivity contribution is 5.71. The van der Waals surface area contributed by atoms with Crippen LogP contribution in [-0.4, -0.2) is 37.2 Å². The molecule has 0 aliphatic carbocycles. The van der Waals surface area contributed by atoms with Crippen molar-refractivity contribution in [1.29, 1.82) is 0 Å². The summed E-state index contributed by atoms with van der Waals surface area (Å²) in [7, 11) is 0. The van der Waals surface area contributed by atoms with E-state index in [-0.39, 0.29) is 31.1 Å². The molecule has 0 aromatic heterocycles. The molecule has 0 aromatic rings. The minimum absolute atomic E-state index is 0.0687. The van der Waals surface area contributed by atoms with Crippen LogP contribution < -0.4 is 0 Å². The van der Waals surface area contributed by atoms with Crippen LogP contribution in [-0.2, 0) is 28.6 Å². The number of carbonyl (C=O) groups is 3. The molecule has 0 fully saturated rings. The zero-order valence-corrected chi connectivity index (χ0v) is 46.6. The number of esters is 3. The van der Waals surface area contributed by atoms with Crippen LogP contribution in [0, 0.1) is 0 Å². The predicted octanol–water partition coefficient (Wildman–Crippen LogP) is 20.7. The van der Waals surface area contributed by atoms with Gasteiger partial charge >= 0.3 is 17.9 Å². The maximum absolute atomic E-state index is 12.9. The van der Waals surface area contributed by atoms with Gasteiger partial charge in [0.2, 0.25) is 0 Å². The average Bonchev–Trinajstić information content (AvgIpc) is 3.35. The fourth-order valence-electron chi connectivity index (χ4n) is 9.30. The van der Waals surface area contributed by atoms with Gasteiger partial charge in [0, 0.05) is 19.3 Å². The molecule has 0 rings (SSSR count). The molecule has 0 saturated carbocycles. The second-order valence-electron chi connectivity index (χ2n) is 21.0. The second kappa shape index (κ2) is 58.5. The smallest absolute Gasteiger partial charge is 0.306 e. The van der Waals surface area contributed by atoms with Crippen LogP contribution in [0.1, 0.15) is 342 Å². The minimum Gasteiger partial charge on any atom is -0.462 e. The molecule has 0 aliphatic heterocycles. The minimum atomic E-state index is -0.771. The Labute approximate surface area is 430 Å². The van der Waals surface area contributed by atoms with E-state index in [0.717, 1.165) is 70.6 Å². The van der Waals surface area contributed by atoms with E-state index in [1.165, 1.54) is 231 Å². The summed E-state index contributed by atoms with van der Waals surface area (Å²) >= 11 is 0. The molecule has 0 aliphatic rings. The molecule has 0 radical (unpaired) electrons. The molecular weight excluding hydrogens is 853 g/mol. The van der Waals surface area contributed by atoms with Crippen molar-refractivity contribution < 1.29 is 28.6 Å². The van der Waals surface area contributed by atoms with Gasteiger partial charge in [-0.1, -0.05) is 295 Å². The summed E-state index contributed by atoms with van der Waals surface area (Å²) in [4.78, 5) is 38.2. The number of hydrogen-bond acceptors (Lipinski definition) is 6. The summed E-state index contributed by atoms with van der Waals surface area (Å²) in [6.45, 7) is 6.67. The third-order valence-corrected chi connectivity index (χ3v) is 14.0. The molecule has 0 bridgehead atoms. The normalized spacial score (nSPS) is 12.1. The van der Waals surface area contributed by atoms with Crippen LogP contribution in [0.4, 0.5) is 0 Å². The Bertz CT molecular complexity index is 1110. The van der Waals surface area contributed by atoms with Gasteiger partial charge in [-0.25, -0.2) is 0 Å². The van der Waals surface area contributed by atoms with E-state index in [0.29, 0.717) is 19.3 Å². The first-order valence-electron chi connectivity index (χ1n) is 30.8. The SMILES string of the molecule is CCCCCC/C=C\C/C=C\CCCCCCCCCC(=O)OC(COC(=O)CCCCCCCCCCCCCC)COC(=O)CCCCCCCCCCCCCCCCCCCCCCC. The molecule has 69 heavy (non-hydrogen) atoms. The largest absolute Gasteiger partial charge is 0.462 e. The average molecular weight is 972 g/mol. The van der Waals surface area contributed by atoms with Gasteiger partial charge in [0.1, 0.15) is 13.2 Å². The van der Waals surface area contributed by atoms with Gasteiger partial charge in [-0.05, 0) is 51.4 Å². The van der Waals surface area contributed by atoms with Gasteiger partial charge in [-0.3, -0.25) is 14.4 Å². The lowest BCUT2D eigenvalue weighted by Crippen LogP contribution is -2.30. The number of hydrogen-bond donors (Lipinski definition) is 0. The number of rotatable bonds is 57. The summed E-state index contributed by atoms with van der Waals surface area (Å²) in [6.07, 6.45) is 68.9. The van der Waals surface area contributed by atoms with E-state index in [9.17, 15) is 14.4 Å². The van der Waals surface area contributed by atoms with Gasteiger partial charge in [-0.15, -0.1) is 0 Å². The summed E-state index contributed by atoms with van der Waals surface area (Å²) < 4.78 is 16.9. The number of carbonyl (C=O) groups excluding carboxylic acids is 3. The number of unbranched alkanes of at least 4 members (excludes halogenated alkanes) is 42. The fraction of sp³-hybridized carbons (Fsp3) is 0.889. The zero-order valence-electron chi connectivity index (χ0n) is 46.6. The second-order valence-corrected chi connectivity index (χ2v) is 21.0. The summed E-state index contributed by atoms with van der Waals surface area (Å²) in [5, 5.41) is 0. The molecular formula is C63H118O6. The van der Waals surface area contributed by atoms with Crippen molar-refractivity contribution >= 4 is 17.9 Å². The number of ether oxygens (including phenoxy) is 3. The third kappa shape index (κ3) is 56.7. The quantitative estimate of drug-likeness (QED) is 0.0261. The van der Waals surface area contributed by atoms with Gasteiger partial charge < -0.3 is 14.2 Å². The van der Waals surface area contributed by atoms with Crippen molar-refractivity contribution in [3.63, 3.8) is 0 Å². The summed E-state index contributed by atoms with van der Waals surface area (Å²) in [6, 6.07) is 0. The Hall–Kier alpha value is -2.11. The van der Waals surface area contributed by atoms with Crippen molar-refractivity contribution in [2.24, 2.45) is 0 Å². The number of allylic oxidation sites excluding steroid dienone is 4. The maximum Gasteiger partial charge on any atom is 0.306 e. The van der Waals surface area contributed by atoms with E-state index in [2.05, 4.69) is 45.1 Å². The lowest BCUT2D eigenvalue weighted by Gasteiger charge is -2.18. The highest BCUT2D eigenvalue weighted by atomic mass is 16.6. The van der Waals surface area contributed by atoms with E-state index >= 15 is 0 Å². The molecule has 0 amide bonds. The van der Waals surface area contributed by atoms with Crippen LogP contribution in [0.5, 0.6) is 0 Å². The van der Waals surface area contributed by atoms with Crippen molar-refractivity contribution in [3.8, 4) is 0 Å². The van der Waals surface area contributed by atoms with Crippen LogP contribution in [0.15, 0.2) is 24.3 Å². The summed E-state index contributed by atoms with van der Waals surface area (Å²) in [5.74, 6) is -0.852. The van der Waals surface area contributed by atoms with Gasteiger partial charge in [-0.2, -0.15) is 0 Å². The van der Waals surface area contributed by atoms with Crippen molar-refractivity contribution in [2.45, 2.75) is 348 Å². The highest BCUT2D eigenvalue weighted by Crippen LogP contribution is 2.17. The first-order chi connectivity index (χ1) is 34.0. The van der Waals surface area contributed by atoms with E-state index in [1.54, 1.807) is 0 Å². The van der Waals surface area contributed by atoms with Crippen LogP contribution in [0.2, 0.25) is 0 Å². The first-order valence-corrected chi connectivity index (χ1v) is 30.8. The van der Waals surface area contributed by atoms with E-state index in [1.807, 2.05) is 0 Å².